The van der Waals surface area contributed by atoms with Crippen LogP contribution in [0.5, 0.6) is 11.5 Å². The monoisotopic (exact) mass is 737 g/mol. The third-order valence-corrected chi connectivity index (χ3v) is 9.71. The van der Waals surface area contributed by atoms with Gasteiger partial charge in [-0.05, 0) is 61.5 Å². The Bertz CT molecular complexity index is 2230. The number of hydrogen-bond donors (Lipinski definition) is 2. The van der Waals surface area contributed by atoms with Crippen molar-refractivity contribution in [1.29, 1.82) is 0 Å². The molecule has 1 unspecified atom stereocenters. The van der Waals surface area contributed by atoms with Crippen molar-refractivity contribution in [2.45, 2.75) is 30.0 Å². The Balaban J connectivity index is 1.28. The van der Waals surface area contributed by atoms with E-state index < -0.39 is 43.0 Å². The molecule has 2 N–H and O–H groups in total. The number of fused-ring (bicyclic) bond motifs is 1. The van der Waals surface area contributed by atoms with Crippen LogP contribution in [-0.4, -0.2) is 55.5 Å². The molecule has 0 bridgehead atoms. The van der Waals surface area contributed by atoms with Gasteiger partial charge in [0.15, 0.2) is 15.7 Å². The van der Waals surface area contributed by atoms with Gasteiger partial charge in [-0.2, -0.15) is 21.6 Å². The standard InChI is InChI=1S/C31H27ClF3N5O7S2/c1-19-6-9-23(10-7-19)49(44,45)47-30(48(2,42)43)29(41)36-13-15-40-14-12-25-27(40)28(38-18-37-25)39-21-8-11-26(24(32)17-21)46-22-5-3-4-20(16-22)31(33,34)35/h3-12,14,16-18,30H,13,15H2,1-2H3,(H,36,41)(H,37,38,39). The van der Waals surface area contributed by atoms with Crippen LogP contribution in [0.4, 0.5) is 24.7 Å². The number of alkyl halides is 3. The van der Waals surface area contributed by atoms with Crippen LogP contribution in [0.25, 0.3) is 11.0 Å². The van der Waals surface area contributed by atoms with E-state index in [9.17, 15) is 34.8 Å². The van der Waals surface area contributed by atoms with Gasteiger partial charge in [-0.25, -0.2) is 22.6 Å². The summed E-state index contributed by atoms with van der Waals surface area (Å²) in [6.45, 7) is 1.69. The highest BCUT2D eigenvalue weighted by Gasteiger charge is 2.36. The number of aryl methyl sites for hydroxylation is 1. The zero-order valence-electron chi connectivity index (χ0n) is 25.6. The van der Waals surface area contributed by atoms with Gasteiger partial charge in [-0.15, -0.1) is 0 Å². The minimum atomic E-state index is -4.59. The first kappa shape index (κ1) is 35.6. The number of ether oxygens (including phenoxy) is 1. The zero-order valence-corrected chi connectivity index (χ0v) is 28.0. The molecule has 1 amide bonds. The van der Waals surface area contributed by atoms with Crippen LogP contribution in [0.1, 0.15) is 11.1 Å². The van der Waals surface area contributed by atoms with Crippen molar-refractivity contribution < 1.29 is 43.7 Å². The van der Waals surface area contributed by atoms with Crippen LogP contribution in [0.15, 0.2) is 90.2 Å². The molecule has 49 heavy (non-hydrogen) atoms. The quantitative estimate of drug-likeness (QED) is 0.149. The number of benzene rings is 3. The van der Waals surface area contributed by atoms with Crippen LogP contribution in [-0.2, 0) is 41.7 Å². The van der Waals surface area contributed by atoms with Crippen molar-refractivity contribution in [2.24, 2.45) is 0 Å². The van der Waals surface area contributed by atoms with E-state index in [1.54, 1.807) is 29.8 Å². The van der Waals surface area contributed by atoms with E-state index in [2.05, 4.69) is 20.6 Å². The molecule has 0 aliphatic rings. The first-order chi connectivity index (χ1) is 23.0. The second kappa shape index (κ2) is 14.0. The van der Waals surface area contributed by atoms with Crippen molar-refractivity contribution in [1.82, 2.24) is 19.9 Å². The maximum absolute atomic E-state index is 13.1. The Hall–Kier alpha value is -4.71. The van der Waals surface area contributed by atoms with Crippen molar-refractivity contribution in [3.63, 3.8) is 0 Å². The molecule has 0 aliphatic carbocycles. The number of hydrogen-bond acceptors (Lipinski definition) is 10. The van der Waals surface area contributed by atoms with Gasteiger partial charge in [0.1, 0.15) is 23.3 Å². The summed E-state index contributed by atoms with van der Waals surface area (Å²) in [5.41, 5.74) is -0.974. The molecule has 0 fully saturated rings. The lowest BCUT2D eigenvalue weighted by Crippen LogP contribution is -2.43. The zero-order chi connectivity index (χ0) is 35.6. The molecule has 18 heteroatoms. The molecular weight excluding hydrogens is 711 g/mol. The molecular formula is C31H27ClF3N5O7S2. The van der Waals surface area contributed by atoms with Crippen LogP contribution in [0.3, 0.4) is 0 Å². The van der Waals surface area contributed by atoms with E-state index >= 15 is 0 Å². The van der Waals surface area contributed by atoms with E-state index in [1.165, 1.54) is 54.9 Å². The number of halogens is 4. The summed E-state index contributed by atoms with van der Waals surface area (Å²) >= 11 is 6.38. The summed E-state index contributed by atoms with van der Waals surface area (Å²) in [6.07, 6.45) is -0.887. The van der Waals surface area contributed by atoms with Gasteiger partial charge < -0.3 is 19.9 Å². The highest BCUT2D eigenvalue weighted by molar-refractivity contribution is 7.93. The van der Waals surface area contributed by atoms with Gasteiger partial charge in [0.2, 0.25) is 0 Å². The van der Waals surface area contributed by atoms with E-state index in [0.29, 0.717) is 28.8 Å². The van der Waals surface area contributed by atoms with Crippen LogP contribution < -0.4 is 15.4 Å². The molecule has 5 aromatic rings. The summed E-state index contributed by atoms with van der Waals surface area (Å²) in [6, 6.07) is 16.1. The fraction of sp³-hybridized carbons (Fsp3) is 0.194. The number of amides is 1. The summed E-state index contributed by atoms with van der Waals surface area (Å²) < 4.78 is 102. The third-order valence-electron chi connectivity index (χ3n) is 6.91. The van der Waals surface area contributed by atoms with Crippen LogP contribution in [0, 0.1) is 6.92 Å². The molecule has 2 heterocycles. The summed E-state index contributed by atoms with van der Waals surface area (Å²) in [5.74, 6) is -0.791. The number of aromatic nitrogens is 3. The van der Waals surface area contributed by atoms with Gasteiger partial charge in [0.25, 0.3) is 21.5 Å². The molecule has 258 valence electrons. The number of carbonyl (C=O) groups is 1. The van der Waals surface area contributed by atoms with Crippen molar-refractivity contribution in [3.8, 4) is 11.5 Å². The Labute approximate surface area is 283 Å². The fourth-order valence-electron chi connectivity index (χ4n) is 4.54. The fourth-order valence-corrected chi connectivity index (χ4v) is 7.01. The summed E-state index contributed by atoms with van der Waals surface area (Å²) in [5, 5.41) is 5.60. The molecule has 0 saturated carbocycles. The highest BCUT2D eigenvalue weighted by Crippen LogP contribution is 2.36. The predicted molar refractivity (Wildman–Crippen MR) is 175 cm³/mol. The number of nitrogens with one attached hydrogen (secondary N) is 2. The van der Waals surface area contributed by atoms with Gasteiger partial charge in [0.05, 0.1) is 21.0 Å². The minimum Gasteiger partial charge on any atom is -0.456 e. The first-order valence-electron chi connectivity index (χ1n) is 14.2. The van der Waals surface area contributed by atoms with E-state index in [4.69, 9.17) is 20.5 Å². The second-order valence-corrected chi connectivity index (χ2v) is 14.7. The first-order valence-corrected chi connectivity index (χ1v) is 17.9. The van der Waals surface area contributed by atoms with Crippen molar-refractivity contribution in [3.05, 3.63) is 101 Å². The van der Waals surface area contributed by atoms with Gasteiger partial charge in [-0.1, -0.05) is 35.4 Å². The molecule has 1 atom stereocenters. The lowest BCUT2D eigenvalue weighted by atomic mass is 10.2. The SMILES string of the molecule is Cc1ccc(S(=O)(=O)OC(C(=O)NCCn2ccc3ncnc(Nc4ccc(Oc5cccc(C(F)(F)F)c5)c(Cl)c4)c32)S(C)(=O)=O)cc1. The third kappa shape index (κ3) is 8.66. The maximum atomic E-state index is 13.1. The van der Waals surface area contributed by atoms with E-state index in [1.807, 2.05) is 0 Å². The highest BCUT2D eigenvalue weighted by atomic mass is 35.5. The number of anilines is 2. The summed E-state index contributed by atoms with van der Waals surface area (Å²) in [7, 11) is -8.92. The molecule has 3 aromatic carbocycles. The minimum absolute atomic E-state index is 0.0535. The van der Waals surface area contributed by atoms with Crippen molar-refractivity contribution in [2.75, 3.05) is 18.1 Å². The molecule has 0 radical (unpaired) electrons. The number of carbonyl (C=O) groups excluding carboxylic acids is 1. The predicted octanol–water partition coefficient (Wildman–Crippen LogP) is 5.84. The van der Waals surface area contributed by atoms with Crippen LogP contribution >= 0.6 is 11.6 Å². The largest absolute Gasteiger partial charge is 0.456 e. The number of rotatable bonds is 12. The smallest absolute Gasteiger partial charge is 0.416 e. The molecule has 0 aliphatic heterocycles. The molecule has 2 aromatic heterocycles. The normalized spacial score (nSPS) is 12.9. The average molecular weight is 738 g/mol. The van der Waals surface area contributed by atoms with Crippen LogP contribution in [0.2, 0.25) is 5.02 Å². The average Bonchev–Trinajstić information content (AvgIpc) is 3.44. The lowest BCUT2D eigenvalue weighted by molar-refractivity contribution is -0.137. The topological polar surface area (TPSA) is 159 Å². The van der Waals surface area contributed by atoms with E-state index in [-0.39, 0.29) is 34.5 Å². The molecule has 5 rings (SSSR count). The lowest BCUT2D eigenvalue weighted by Gasteiger charge is -2.16. The Morgan fingerprint density at radius 2 is 1.73 bits per heavy atom. The Morgan fingerprint density at radius 1 is 1.00 bits per heavy atom. The second-order valence-electron chi connectivity index (χ2n) is 10.7. The molecule has 0 saturated heterocycles. The Morgan fingerprint density at radius 3 is 2.41 bits per heavy atom. The number of nitrogens with zero attached hydrogens (tertiary/aromatic N) is 3. The Kier molecular flexibility index (Phi) is 10.2. The summed E-state index contributed by atoms with van der Waals surface area (Å²) in [4.78, 5) is 21.1. The van der Waals surface area contributed by atoms with Gasteiger partial charge in [-0.3, -0.25) is 4.79 Å². The molecule has 12 nitrogen and oxygen atoms in total. The van der Waals surface area contributed by atoms with Crippen molar-refractivity contribution >= 4 is 60.0 Å². The van der Waals surface area contributed by atoms with E-state index in [0.717, 1.165) is 17.7 Å². The maximum Gasteiger partial charge on any atom is 0.416 e. The molecule has 0 spiro atoms. The van der Waals surface area contributed by atoms with Gasteiger partial charge in [0, 0.05) is 31.2 Å². The number of sulfone groups is 1. The van der Waals surface area contributed by atoms with Gasteiger partial charge >= 0.3 is 6.18 Å².